The number of halogens is 1. The molecule has 3 rings (SSSR count). The summed E-state index contributed by atoms with van der Waals surface area (Å²) in [5.41, 5.74) is 0. The van der Waals surface area contributed by atoms with Crippen LogP contribution in [0.15, 0.2) is 21.3 Å². The fourth-order valence-corrected chi connectivity index (χ4v) is 5.51. The van der Waals surface area contributed by atoms with Crippen LogP contribution in [0.25, 0.3) is 0 Å². The van der Waals surface area contributed by atoms with Crippen molar-refractivity contribution in [3.8, 4) is 0 Å². The molecule has 1 aromatic heterocycles. The van der Waals surface area contributed by atoms with Gasteiger partial charge in [-0.15, -0.1) is 35.3 Å². The summed E-state index contributed by atoms with van der Waals surface area (Å²) in [7, 11) is -3.41. The maximum Gasteiger partial charge on any atom is 0.252 e. The molecule has 0 radical (unpaired) electrons. The lowest BCUT2D eigenvalue weighted by Gasteiger charge is -2.25. The van der Waals surface area contributed by atoms with E-state index in [0.29, 0.717) is 49.0 Å². The molecule has 2 N–H and O–H groups in total. The number of ether oxygens (including phenoxy) is 1. The van der Waals surface area contributed by atoms with Crippen LogP contribution in [-0.4, -0.2) is 57.6 Å². The van der Waals surface area contributed by atoms with Gasteiger partial charge in [-0.25, -0.2) is 13.4 Å². The maximum atomic E-state index is 12.7. The van der Waals surface area contributed by atoms with Crippen LogP contribution in [0.3, 0.4) is 0 Å². The Morgan fingerprint density at radius 3 is 2.69 bits per heavy atom. The smallest absolute Gasteiger partial charge is 0.252 e. The predicted molar refractivity (Wildman–Crippen MR) is 115 cm³/mol. The highest BCUT2D eigenvalue weighted by Crippen LogP contribution is 2.29. The molecule has 2 atom stereocenters. The quantitative estimate of drug-likeness (QED) is 0.344. The Kier molecular flexibility index (Phi) is 8.13. The average molecular weight is 514 g/mol. The Labute approximate surface area is 176 Å². The van der Waals surface area contributed by atoms with Crippen molar-refractivity contribution in [3.63, 3.8) is 0 Å². The third-order valence-electron chi connectivity index (χ3n) is 4.37. The number of rotatable bonds is 6. The first kappa shape index (κ1) is 21.9. The second-order valence-corrected chi connectivity index (χ2v) is 9.73. The van der Waals surface area contributed by atoms with E-state index in [1.54, 1.807) is 6.07 Å². The number of guanidine groups is 1. The van der Waals surface area contributed by atoms with E-state index in [4.69, 9.17) is 4.74 Å². The first-order chi connectivity index (χ1) is 12.0. The molecule has 1 aromatic rings. The first-order valence-corrected chi connectivity index (χ1v) is 11.0. The lowest BCUT2D eigenvalue weighted by molar-refractivity contribution is 0.0731. The molecule has 2 fully saturated rings. The van der Waals surface area contributed by atoms with E-state index in [2.05, 4.69) is 22.5 Å². The van der Waals surface area contributed by atoms with Crippen molar-refractivity contribution >= 4 is 51.3 Å². The standard InChI is InChI=1S/C16H26N4O3S2.HI/c1-3-17-16(19-14-10-12(14)2)18-11-13-4-5-15(24-13)25(21,22)20-6-8-23-9-7-20;/h4-5,12,14H,3,6-11H2,1-2H3,(H2,17,18,19);1H. The summed E-state index contributed by atoms with van der Waals surface area (Å²) in [5, 5.41) is 6.64. The van der Waals surface area contributed by atoms with E-state index in [9.17, 15) is 8.42 Å². The highest BCUT2D eigenvalue weighted by Gasteiger charge is 2.33. The molecule has 0 spiro atoms. The number of morpholine rings is 1. The van der Waals surface area contributed by atoms with Crippen molar-refractivity contribution in [1.82, 2.24) is 14.9 Å². The third-order valence-corrected chi connectivity index (χ3v) is 7.81. The van der Waals surface area contributed by atoms with Crippen LogP contribution in [0.5, 0.6) is 0 Å². The molecule has 2 aliphatic rings. The van der Waals surface area contributed by atoms with Crippen molar-refractivity contribution in [2.75, 3.05) is 32.8 Å². The van der Waals surface area contributed by atoms with Crippen LogP contribution in [0.1, 0.15) is 25.1 Å². The minimum absolute atomic E-state index is 0. The van der Waals surface area contributed by atoms with Crippen molar-refractivity contribution in [3.05, 3.63) is 17.0 Å². The predicted octanol–water partition coefficient (Wildman–Crippen LogP) is 1.85. The Morgan fingerprint density at radius 2 is 2.08 bits per heavy atom. The molecule has 0 aromatic carbocycles. The summed E-state index contributed by atoms with van der Waals surface area (Å²) in [6.45, 7) is 7.27. The van der Waals surface area contributed by atoms with E-state index >= 15 is 0 Å². The van der Waals surface area contributed by atoms with Gasteiger partial charge in [0.1, 0.15) is 4.21 Å². The molecule has 2 unspecified atom stereocenters. The fraction of sp³-hybridized carbons (Fsp3) is 0.688. The van der Waals surface area contributed by atoms with Crippen molar-refractivity contribution in [2.24, 2.45) is 10.9 Å². The first-order valence-electron chi connectivity index (χ1n) is 8.72. The summed E-state index contributed by atoms with van der Waals surface area (Å²) < 4.78 is 32.4. The Balaban J connectivity index is 0.00000243. The van der Waals surface area contributed by atoms with Crippen LogP contribution in [0, 0.1) is 5.92 Å². The van der Waals surface area contributed by atoms with Crippen molar-refractivity contribution in [1.29, 1.82) is 0 Å². The highest BCUT2D eigenvalue weighted by molar-refractivity contribution is 14.0. The van der Waals surface area contributed by atoms with Crippen LogP contribution < -0.4 is 10.6 Å². The normalized spacial score (nSPS) is 24.0. The lowest BCUT2D eigenvalue weighted by atomic mass is 10.4. The molecule has 26 heavy (non-hydrogen) atoms. The van der Waals surface area contributed by atoms with Crippen molar-refractivity contribution in [2.45, 2.75) is 37.1 Å². The van der Waals surface area contributed by atoms with Crippen LogP contribution >= 0.6 is 35.3 Å². The Bertz CT molecular complexity index is 717. The van der Waals surface area contributed by atoms with Gasteiger partial charge in [-0.2, -0.15) is 4.31 Å². The number of nitrogens with one attached hydrogen (secondary N) is 2. The molecule has 1 saturated heterocycles. The summed E-state index contributed by atoms with van der Waals surface area (Å²) in [5.74, 6) is 1.48. The van der Waals surface area contributed by atoms with Gasteiger partial charge in [0.05, 0.1) is 19.8 Å². The number of aliphatic imine (C=N–C) groups is 1. The van der Waals surface area contributed by atoms with Crippen molar-refractivity contribution < 1.29 is 13.2 Å². The average Bonchev–Trinajstić information content (AvgIpc) is 3.10. The molecule has 148 valence electrons. The number of thiophene rings is 1. The van der Waals surface area contributed by atoms with E-state index in [0.717, 1.165) is 17.4 Å². The van der Waals surface area contributed by atoms with E-state index in [-0.39, 0.29) is 24.0 Å². The van der Waals surface area contributed by atoms with Gasteiger partial charge in [-0.3, -0.25) is 0 Å². The van der Waals surface area contributed by atoms with Gasteiger partial charge >= 0.3 is 0 Å². The zero-order chi connectivity index (χ0) is 17.9. The van der Waals surface area contributed by atoms with Gasteiger partial charge in [0, 0.05) is 30.6 Å². The number of nitrogens with zero attached hydrogens (tertiary/aromatic N) is 2. The summed E-state index contributed by atoms with van der Waals surface area (Å²) >= 11 is 1.30. The molecule has 0 bridgehead atoms. The number of sulfonamides is 1. The molecule has 1 aliphatic carbocycles. The van der Waals surface area contributed by atoms with Gasteiger partial charge in [-0.1, -0.05) is 6.92 Å². The molecule has 1 aliphatic heterocycles. The molecule has 7 nitrogen and oxygen atoms in total. The SMILES string of the molecule is CCNC(=NCc1ccc(S(=O)(=O)N2CCOCC2)s1)NC1CC1C.I. The van der Waals surface area contributed by atoms with Crippen LogP contribution in [0.2, 0.25) is 0 Å². The Hall–Kier alpha value is -0.430. The molecule has 10 heteroatoms. The number of hydrogen-bond donors (Lipinski definition) is 2. The van der Waals surface area contributed by atoms with E-state index in [1.165, 1.54) is 22.1 Å². The second-order valence-electron chi connectivity index (χ2n) is 6.40. The third kappa shape index (κ3) is 5.54. The van der Waals surface area contributed by atoms with Gasteiger partial charge in [-0.05, 0) is 31.4 Å². The van der Waals surface area contributed by atoms with Gasteiger partial charge in [0.25, 0.3) is 10.0 Å². The fourth-order valence-electron chi connectivity index (χ4n) is 2.67. The zero-order valence-electron chi connectivity index (χ0n) is 15.1. The molecular weight excluding hydrogens is 487 g/mol. The lowest BCUT2D eigenvalue weighted by Crippen LogP contribution is -2.40. The van der Waals surface area contributed by atoms with Crippen LogP contribution in [-0.2, 0) is 21.3 Å². The zero-order valence-corrected chi connectivity index (χ0v) is 19.1. The molecule has 0 amide bonds. The number of hydrogen-bond acceptors (Lipinski definition) is 5. The van der Waals surface area contributed by atoms with Gasteiger partial charge < -0.3 is 15.4 Å². The molecule has 2 heterocycles. The van der Waals surface area contributed by atoms with Gasteiger partial charge in [0.2, 0.25) is 0 Å². The summed E-state index contributed by atoms with van der Waals surface area (Å²) in [4.78, 5) is 5.52. The second kappa shape index (κ2) is 9.67. The maximum absolute atomic E-state index is 12.7. The molecular formula is C16H27IN4O3S2. The minimum Gasteiger partial charge on any atom is -0.379 e. The minimum atomic E-state index is -3.41. The molecule has 1 saturated carbocycles. The summed E-state index contributed by atoms with van der Waals surface area (Å²) in [6.07, 6.45) is 1.17. The largest absolute Gasteiger partial charge is 0.379 e. The van der Waals surface area contributed by atoms with E-state index < -0.39 is 10.0 Å². The summed E-state index contributed by atoms with van der Waals surface area (Å²) in [6, 6.07) is 4.03. The highest BCUT2D eigenvalue weighted by atomic mass is 127. The van der Waals surface area contributed by atoms with Crippen LogP contribution in [0.4, 0.5) is 0 Å². The van der Waals surface area contributed by atoms with E-state index in [1.807, 2.05) is 13.0 Å². The Morgan fingerprint density at radius 1 is 1.38 bits per heavy atom. The monoisotopic (exact) mass is 514 g/mol. The topological polar surface area (TPSA) is 83.0 Å². The van der Waals surface area contributed by atoms with Gasteiger partial charge in [0.15, 0.2) is 5.96 Å².